The zero-order chi connectivity index (χ0) is 28.9. The average Bonchev–Trinajstić information content (AvgIpc) is 3.23. The molecule has 0 bridgehead atoms. The van der Waals surface area contributed by atoms with E-state index in [1.165, 1.54) is 0 Å². The lowest BCUT2D eigenvalue weighted by molar-refractivity contribution is -0.144. The fraction of sp³-hybridized carbons (Fsp3) is 0.250. The van der Waals surface area contributed by atoms with Crippen LogP contribution in [-0.2, 0) is 28.0 Å². The Kier molecular flexibility index (Phi) is 7.16. The van der Waals surface area contributed by atoms with Crippen LogP contribution in [0.1, 0.15) is 11.3 Å². The Labute approximate surface area is 222 Å². The zero-order valence-corrected chi connectivity index (χ0v) is 22.6. The van der Waals surface area contributed by atoms with Gasteiger partial charge in [0.2, 0.25) is 25.6 Å². The number of hydrogen-bond donors (Lipinski definition) is 0. The maximum Gasteiger partial charge on any atom is 0.431 e. The van der Waals surface area contributed by atoms with Crippen molar-refractivity contribution >= 4 is 36.9 Å². The maximum atomic E-state index is 13.3. The van der Waals surface area contributed by atoms with E-state index in [9.17, 15) is 36.0 Å². The number of aromatic nitrogens is 3. The van der Waals surface area contributed by atoms with Gasteiger partial charge >= 0.3 is 17.4 Å². The SMILES string of the molecule is Cc1ccc(OCC(=O)N(C)S(C)(=O)=O)cc1-c1n[s+](-n2c(=O)cc(C(F)(F)F)n(C)c2=O)c2ccccc12. The molecule has 0 saturated heterocycles. The van der Waals surface area contributed by atoms with Crippen LogP contribution in [0, 0.1) is 6.92 Å². The summed E-state index contributed by atoms with van der Waals surface area (Å²) in [6.45, 7) is 1.21. The van der Waals surface area contributed by atoms with E-state index in [1.54, 1.807) is 49.4 Å². The second kappa shape index (κ2) is 9.96. The normalized spacial score (nSPS) is 12.5. The van der Waals surface area contributed by atoms with Crippen LogP contribution in [0.15, 0.2) is 58.1 Å². The Bertz CT molecular complexity index is 1840. The van der Waals surface area contributed by atoms with Crippen LogP contribution >= 0.6 is 10.9 Å². The van der Waals surface area contributed by atoms with E-state index < -0.39 is 56.5 Å². The maximum absolute atomic E-state index is 13.3. The van der Waals surface area contributed by atoms with Gasteiger partial charge in [0.1, 0.15) is 17.1 Å². The van der Waals surface area contributed by atoms with Crippen molar-refractivity contribution in [2.45, 2.75) is 13.1 Å². The van der Waals surface area contributed by atoms with Crippen molar-refractivity contribution in [3.05, 3.63) is 80.6 Å². The first-order valence-electron chi connectivity index (χ1n) is 11.1. The third-order valence-electron chi connectivity index (χ3n) is 5.94. The number of carbonyl (C=O) groups excluding carboxylic acids is 1. The Morgan fingerprint density at radius 1 is 1.13 bits per heavy atom. The molecule has 1 atom stereocenters. The van der Waals surface area contributed by atoms with Crippen molar-refractivity contribution in [2.24, 2.45) is 7.05 Å². The van der Waals surface area contributed by atoms with Crippen LogP contribution in [-0.4, -0.2) is 51.5 Å². The van der Waals surface area contributed by atoms with E-state index in [0.29, 0.717) is 45.8 Å². The van der Waals surface area contributed by atoms with Crippen molar-refractivity contribution < 1.29 is 31.1 Å². The predicted octanol–water partition coefficient (Wildman–Crippen LogP) is 2.95. The molecular formula is C24H22F3N4O6S2+. The van der Waals surface area contributed by atoms with E-state index >= 15 is 0 Å². The van der Waals surface area contributed by atoms with Gasteiger partial charge in [-0.1, -0.05) is 18.2 Å². The number of sulfonamides is 1. The molecule has 0 aliphatic rings. The van der Waals surface area contributed by atoms with Crippen LogP contribution < -0.4 is 16.0 Å². The summed E-state index contributed by atoms with van der Waals surface area (Å²) in [6, 6.07) is 11.9. The molecule has 4 aromatic rings. The molecule has 2 heterocycles. The molecule has 15 heteroatoms. The van der Waals surface area contributed by atoms with Crippen molar-refractivity contribution in [1.82, 2.24) is 17.2 Å². The minimum atomic E-state index is -4.90. The van der Waals surface area contributed by atoms with Gasteiger partial charge in [-0.15, -0.1) is 0 Å². The summed E-state index contributed by atoms with van der Waals surface area (Å²) in [6.07, 6.45) is -4.01. The van der Waals surface area contributed by atoms with E-state index in [1.807, 2.05) is 0 Å². The molecule has 1 unspecified atom stereocenters. The number of carbonyl (C=O) groups is 1. The largest absolute Gasteiger partial charge is 0.484 e. The topological polar surface area (TPSA) is 121 Å². The highest BCUT2D eigenvalue weighted by molar-refractivity contribution is 7.88. The highest BCUT2D eigenvalue weighted by Crippen LogP contribution is 2.39. The molecular weight excluding hydrogens is 561 g/mol. The lowest BCUT2D eigenvalue weighted by Crippen LogP contribution is -2.39. The number of rotatable bonds is 6. The number of halogens is 3. The summed E-state index contributed by atoms with van der Waals surface area (Å²) in [5, 5.41) is 0.558. The second-order valence-electron chi connectivity index (χ2n) is 8.59. The quantitative estimate of drug-likeness (QED) is 0.320. The van der Waals surface area contributed by atoms with Crippen molar-refractivity contribution in [1.29, 1.82) is 0 Å². The summed E-state index contributed by atoms with van der Waals surface area (Å²) in [5.74, 6) is -0.567. The number of likely N-dealkylation sites (N-methyl/N-ethyl adjacent to an activating group) is 1. The number of ether oxygens (including phenoxy) is 1. The van der Waals surface area contributed by atoms with Crippen LogP contribution in [0.5, 0.6) is 5.75 Å². The molecule has 206 valence electrons. The van der Waals surface area contributed by atoms with Gasteiger partial charge in [-0.25, -0.2) is 17.5 Å². The van der Waals surface area contributed by atoms with Gasteiger partial charge in [0.15, 0.2) is 6.61 Å². The first kappa shape index (κ1) is 28.0. The molecule has 1 amide bonds. The third-order valence-corrected chi connectivity index (χ3v) is 8.92. The van der Waals surface area contributed by atoms with Crippen LogP contribution in [0.3, 0.4) is 0 Å². The monoisotopic (exact) mass is 583 g/mol. The lowest BCUT2D eigenvalue weighted by atomic mass is 10.0. The Morgan fingerprint density at radius 3 is 2.44 bits per heavy atom. The number of aryl methyl sites for hydroxylation is 1. The lowest BCUT2D eigenvalue weighted by Gasteiger charge is -2.15. The number of fused-ring (bicyclic) bond motifs is 1. The molecule has 2 aromatic carbocycles. The molecule has 10 nitrogen and oxygen atoms in total. The van der Waals surface area contributed by atoms with Crippen LogP contribution in [0.2, 0.25) is 0 Å². The predicted molar refractivity (Wildman–Crippen MR) is 139 cm³/mol. The highest BCUT2D eigenvalue weighted by Gasteiger charge is 2.37. The van der Waals surface area contributed by atoms with E-state index in [2.05, 4.69) is 4.37 Å². The first-order chi connectivity index (χ1) is 18.1. The van der Waals surface area contributed by atoms with Crippen LogP contribution in [0.4, 0.5) is 13.2 Å². The summed E-state index contributed by atoms with van der Waals surface area (Å²) in [4.78, 5) is 37.9. The van der Waals surface area contributed by atoms with E-state index in [4.69, 9.17) is 4.74 Å². The minimum Gasteiger partial charge on any atom is -0.484 e. The minimum absolute atomic E-state index is 0.223. The van der Waals surface area contributed by atoms with E-state index in [0.717, 1.165) is 20.4 Å². The van der Waals surface area contributed by atoms with Crippen molar-refractivity contribution in [2.75, 3.05) is 19.9 Å². The van der Waals surface area contributed by atoms with Gasteiger partial charge < -0.3 is 4.74 Å². The number of benzene rings is 2. The summed E-state index contributed by atoms with van der Waals surface area (Å²) >= 11 is 0. The fourth-order valence-electron chi connectivity index (χ4n) is 3.74. The smallest absolute Gasteiger partial charge is 0.431 e. The fourth-order valence-corrected chi connectivity index (χ4v) is 5.97. The summed E-state index contributed by atoms with van der Waals surface area (Å²) in [5.41, 5.74) is -2.07. The molecule has 39 heavy (non-hydrogen) atoms. The van der Waals surface area contributed by atoms with Crippen LogP contribution in [0.25, 0.3) is 21.3 Å². The number of alkyl halides is 3. The molecule has 0 radical (unpaired) electrons. The summed E-state index contributed by atoms with van der Waals surface area (Å²) < 4.78 is 75.4. The van der Waals surface area contributed by atoms with E-state index in [-0.39, 0.29) is 5.75 Å². The number of amides is 1. The third kappa shape index (κ3) is 5.31. The zero-order valence-electron chi connectivity index (χ0n) is 21.0. The van der Waals surface area contributed by atoms with Gasteiger partial charge in [-0.2, -0.15) is 13.2 Å². The first-order valence-corrected chi connectivity index (χ1v) is 14.1. The molecule has 0 N–H and O–H groups in total. The molecule has 4 rings (SSSR count). The Morgan fingerprint density at radius 2 is 1.79 bits per heavy atom. The number of nitrogens with zero attached hydrogens (tertiary/aromatic N) is 4. The van der Waals surface area contributed by atoms with Crippen molar-refractivity contribution in [3.8, 4) is 17.0 Å². The standard InChI is InChI=1S/C24H22F3N4O6S2/c1-14-9-10-15(37-13-21(33)30(3)39(4,35)36)11-17(14)22-16-7-5-6-8-18(16)38(28-22)31-20(32)12-19(24(25,26)27)29(2)23(31)34/h5-12H,13H2,1-4H3/q+1. The van der Waals surface area contributed by atoms with Gasteiger partial charge in [-0.05, 0) is 39.0 Å². The Hall–Kier alpha value is -3.98. The van der Waals surface area contributed by atoms with Gasteiger partial charge in [0.05, 0.1) is 11.6 Å². The van der Waals surface area contributed by atoms with Gasteiger partial charge in [0.25, 0.3) is 5.91 Å². The molecule has 2 aromatic heterocycles. The average molecular weight is 584 g/mol. The molecule has 0 aliphatic heterocycles. The Balaban J connectivity index is 1.83. The number of hydrogen-bond acceptors (Lipinski definition) is 7. The molecule has 0 fully saturated rings. The van der Waals surface area contributed by atoms with Gasteiger partial charge in [0, 0.05) is 31.8 Å². The molecule has 0 saturated carbocycles. The molecule has 0 spiro atoms. The van der Waals surface area contributed by atoms with Gasteiger partial charge in [-0.3, -0.25) is 14.2 Å². The summed E-state index contributed by atoms with van der Waals surface area (Å²) in [7, 11) is -3.29. The molecule has 0 aliphatic carbocycles. The van der Waals surface area contributed by atoms with Crippen molar-refractivity contribution in [3.63, 3.8) is 0 Å². The highest BCUT2D eigenvalue weighted by atomic mass is 32.2. The second-order valence-corrected chi connectivity index (χ2v) is 12.1.